The van der Waals surface area contributed by atoms with Gasteiger partial charge in [0.25, 0.3) is 0 Å². The molecule has 2 N–H and O–H groups in total. The number of halogens is 1. The lowest BCUT2D eigenvalue weighted by molar-refractivity contribution is 0.459. The van der Waals surface area contributed by atoms with Crippen molar-refractivity contribution >= 4 is 22.6 Å². The van der Waals surface area contributed by atoms with Crippen LogP contribution in [0, 0.1) is 0 Å². The molecule has 1 aromatic carbocycles. The molecule has 78 valence electrons. The maximum absolute atomic E-state index is 6.03. The smallest absolute Gasteiger partial charge is 0.126 e. The summed E-state index contributed by atoms with van der Waals surface area (Å²) in [6, 6.07) is 5.86. The van der Waals surface area contributed by atoms with Crippen LogP contribution in [0.15, 0.2) is 18.2 Å². The number of hydrogen-bond acceptors (Lipinski definition) is 2. The standard InChI is InChI=1S/C11H12ClN3/c12-7-3-4-9-10(6-7)15-5-1-2-8(13)11(15)14-9/h3-4,6,8H,1-2,5,13H2. The molecule has 1 atom stereocenters. The highest BCUT2D eigenvalue weighted by Crippen LogP contribution is 2.28. The van der Waals surface area contributed by atoms with Crippen LogP contribution in [0.25, 0.3) is 11.0 Å². The third kappa shape index (κ3) is 1.34. The predicted octanol–water partition coefficient (Wildman–Crippen LogP) is 2.48. The lowest BCUT2D eigenvalue weighted by atomic mass is 10.1. The molecule has 0 bridgehead atoms. The minimum absolute atomic E-state index is 0.0740. The van der Waals surface area contributed by atoms with E-state index in [1.54, 1.807) is 0 Å². The molecule has 0 fully saturated rings. The molecule has 1 aliphatic rings. The molecule has 1 aliphatic heterocycles. The van der Waals surface area contributed by atoms with E-state index < -0.39 is 0 Å². The topological polar surface area (TPSA) is 43.8 Å². The minimum Gasteiger partial charge on any atom is -0.327 e. The Kier molecular flexibility index (Phi) is 1.97. The molecular formula is C11H12ClN3. The van der Waals surface area contributed by atoms with Crippen LogP contribution in [0.3, 0.4) is 0 Å². The van der Waals surface area contributed by atoms with Crippen LogP contribution in [-0.2, 0) is 6.54 Å². The van der Waals surface area contributed by atoms with Gasteiger partial charge in [-0.15, -0.1) is 0 Å². The van der Waals surface area contributed by atoms with Crippen molar-refractivity contribution in [2.75, 3.05) is 0 Å². The van der Waals surface area contributed by atoms with Crippen molar-refractivity contribution in [1.82, 2.24) is 9.55 Å². The van der Waals surface area contributed by atoms with Crippen molar-refractivity contribution in [3.8, 4) is 0 Å². The third-order valence-electron chi connectivity index (χ3n) is 2.97. The Hall–Kier alpha value is -1.06. The Morgan fingerprint density at radius 3 is 3.20 bits per heavy atom. The number of aryl methyl sites for hydroxylation is 1. The van der Waals surface area contributed by atoms with E-state index in [4.69, 9.17) is 17.3 Å². The van der Waals surface area contributed by atoms with E-state index in [2.05, 4.69) is 9.55 Å². The second kappa shape index (κ2) is 3.22. The Labute approximate surface area is 92.8 Å². The molecule has 3 rings (SSSR count). The first-order chi connectivity index (χ1) is 7.25. The quantitative estimate of drug-likeness (QED) is 0.743. The zero-order valence-corrected chi connectivity index (χ0v) is 9.04. The van der Waals surface area contributed by atoms with E-state index in [1.807, 2.05) is 18.2 Å². The van der Waals surface area contributed by atoms with Gasteiger partial charge in [0.2, 0.25) is 0 Å². The Balaban J connectivity index is 2.31. The average molecular weight is 222 g/mol. The average Bonchev–Trinajstić information content (AvgIpc) is 2.58. The molecule has 3 nitrogen and oxygen atoms in total. The molecule has 0 aliphatic carbocycles. The van der Waals surface area contributed by atoms with Gasteiger partial charge in [-0.25, -0.2) is 4.98 Å². The number of nitrogens with two attached hydrogens (primary N) is 1. The minimum atomic E-state index is 0.0740. The van der Waals surface area contributed by atoms with Crippen molar-refractivity contribution in [1.29, 1.82) is 0 Å². The van der Waals surface area contributed by atoms with E-state index in [-0.39, 0.29) is 6.04 Å². The summed E-state index contributed by atoms with van der Waals surface area (Å²) < 4.78 is 2.19. The Morgan fingerprint density at radius 2 is 2.33 bits per heavy atom. The summed E-state index contributed by atoms with van der Waals surface area (Å²) in [7, 11) is 0. The normalized spacial score (nSPS) is 20.5. The molecule has 4 heteroatoms. The molecule has 1 aromatic heterocycles. The zero-order chi connectivity index (χ0) is 10.4. The van der Waals surface area contributed by atoms with Gasteiger partial charge in [-0.05, 0) is 31.0 Å². The van der Waals surface area contributed by atoms with E-state index in [0.717, 1.165) is 41.3 Å². The molecule has 2 aromatic rings. The fourth-order valence-electron chi connectivity index (χ4n) is 2.23. The predicted molar refractivity (Wildman–Crippen MR) is 60.9 cm³/mol. The molecule has 1 unspecified atom stereocenters. The zero-order valence-electron chi connectivity index (χ0n) is 8.28. The van der Waals surface area contributed by atoms with Gasteiger partial charge in [0.15, 0.2) is 0 Å². The second-order valence-corrected chi connectivity index (χ2v) is 4.44. The number of aromatic nitrogens is 2. The first-order valence-corrected chi connectivity index (χ1v) is 5.55. The van der Waals surface area contributed by atoms with Gasteiger partial charge in [0, 0.05) is 11.6 Å². The summed E-state index contributed by atoms with van der Waals surface area (Å²) >= 11 is 5.98. The van der Waals surface area contributed by atoms with Gasteiger partial charge >= 0.3 is 0 Å². The second-order valence-electron chi connectivity index (χ2n) is 4.00. The van der Waals surface area contributed by atoms with Crippen LogP contribution in [0.2, 0.25) is 5.02 Å². The molecule has 0 spiro atoms. The van der Waals surface area contributed by atoms with Crippen LogP contribution in [0.5, 0.6) is 0 Å². The highest BCUT2D eigenvalue weighted by Gasteiger charge is 2.20. The third-order valence-corrected chi connectivity index (χ3v) is 3.20. The number of fused-ring (bicyclic) bond motifs is 3. The van der Waals surface area contributed by atoms with Crippen molar-refractivity contribution in [3.05, 3.63) is 29.0 Å². The summed E-state index contributed by atoms with van der Waals surface area (Å²) in [6.07, 6.45) is 2.14. The van der Waals surface area contributed by atoms with Crippen molar-refractivity contribution < 1.29 is 0 Å². The monoisotopic (exact) mass is 221 g/mol. The highest BCUT2D eigenvalue weighted by atomic mass is 35.5. The van der Waals surface area contributed by atoms with Gasteiger partial charge in [-0.1, -0.05) is 11.6 Å². The number of hydrogen-bond donors (Lipinski definition) is 1. The van der Waals surface area contributed by atoms with Gasteiger partial charge in [-0.2, -0.15) is 0 Å². The largest absolute Gasteiger partial charge is 0.327 e. The van der Waals surface area contributed by atoms with Crippen LogP contribution < -0.4 is 5.73 Å². The SMILES string of the molecule is NC1CCCn2c1nc1ccc(Cl)cc12. The van der Waals surface area contributed by atoms with E-state index >= 15 is 0 Å². The van der Waals surface area contributed by atoms with E-state index in [9.17, 15) is 0 Å². The van der Waals surface area contributed by atoms with Gasteiger partial charge < -0.3 is 10.3 Å². The first-order valence-electron chi connectivity index (χ1n) is 5.17. The van der Waals surface area contributed by atoms with Crippen LogP contribution in [0.1, 0.15) is 24.7 Å². The molecular weight excluding hydrogens is 210 g/mol. The van der Waals surface area contributed by atoms with Crippen LogP contribution >= 0.6 is 11.6 Å². The fourth-order valence-corrected chi connectivity index (χ4v) is 2.40. The number of rotatable bonds is 0. The Bertz CT molecular complexity index is 518. The van der Waals surface area contributed by atoms with E-state index in [1.165, 1.54) is 0 Å². The number of imidazole rings is 1. The lowest BCUT2D eigenvalue weighted by Gasteiger charge is -2.20. The maximum atomic E-state index is 6.03. The summed E-state index contributed by atoms with van der Waals surface area (Å²) in [6.45, 7) is 1.000. The van der Waals surface area contributed by atoms with Crippen LogP contribution in [0.4, 0.5) is 0 Å². The molecule has 0 saturated carbocycles. The lowest BCUT2D eigenvalue weighted by Crippen LogP contribution is -2.21. The maximum Gasteiger partial charge on any atom is 0.126 e. The van der Waals surface area contributed by atoms with Crippen molar-refractivity contribution in [2.45, 2.75) is 25.4 Å². The molecule has 0 amide bonds. The first kappa shape index (κ1) is 9.19. The van der Waals surface area contributed by atoms with Gasteiger partial charge in [0.05, 0.1) is 17.1 Å². The molecule has 2 heterocycles. The Morgan fingerprint density at radius 1 is 1.47 bits per heavy atom. The molecule has 0 saturated heterocycles. The summed E-state index contributed by atoms with van der Waals surface area (Å²) in [5.74, 6) is 0.999. The summed E-state index contributed by atoms with van der Waals surface area (Å²) in [5, 5.41) is 0.754. The van der Waals surface area contributed by atoms with Gasteiger partial charge in [-0.3, -0.25) is 0 Å². The number of benzene rings is 1. The molecule has 0 radical (unpaired) electrons. The van der Waals surface area contributed by atoms with Crippen molar-refractivity contribution in [2.24, 2.45) is 5.73 Å². The van der Waals surface area contributed by atoms with Crippen LogP contribution in [-0.4, -0.2) is 9.55 Å². The summed E-state index contributed by atoms with van der Waals surface area (Å²) in [5.41, 5.74) is 8.13. The highest BCUT2D eigenvalue weighted by molar-refractivity contribution is 6.31. The summed E-state index contributed by atoms with van der Waals surface area (Å²) in [4.78, 5) is 4.55. The van der Waals surface area contributed by atoms with E-state index in [0.29, 0.717) is 0 Å². The van der Waals surface area contributed by atoms with Crippen molar-refractivity contribution in [3.63, 3.8) is 0 Å². The van der Waals surface area contributed by atoms with Gasteiger partial charge in [0.1, 0.15) is 5.82 Å². The molecule has 15 heavy (non-hydrogen) atoms. The fraction of sp³-hybridized carbons (Fsp3) is 0.364. The number of nitrogens with zero attached hydrogens (tertiary/aromatic N) is 2.